The number of hydrogen-bond donors (Lipinski definition) is 0. The van der Waals surface area contributed by atoms with Crippen molar-refractivity contribution in [3.05, 3.63) is 29.3 Å². The van der Waals surface area contributed by atoms with Crippen LogP contribution in [-0.4, -0.2) is 79.9 Å². The van der Waals surface area contributed by atoms with Gasteiger partial charge in [-0.1, -0.05) is 12.1 Å². The predicted molar refractivity (Wildman–Crippen MR) is 121 cm³/mol. The van der Waals surface area contributed by atoms with Gasteiger partial charge in [0.1, 0.15) is 0 Å². The van der Waals surface area contributed by atoms with Crippen molar-refractivity contribution >= 4 is 47.3 Å². The van der Waals surface area contributed by atoms with E-state index in [1.165, 1.54) is 9.01 Å². The number of para-hydroxylation sites is 1. The first-order valence-electron chi connectivity index (χ1n) is 10.6. The maximum Gasteiger partial charge on any atom is 0.222 e. The highest BCUT2D eigenvalue weighted by molar-refractivity contribution is 7.95. The summed E-state index contributed by atoms with van der Waals surface area (Å²) >= 11 is 1.69. The van der Waals surface area contributed by atoms with E-state index in [4.69, 9.17) is 0 Å². The number of nitrogens with zero attached hydrogens (tertiary/aromatic N) is 3. The highest BCUT2D eigenvalue weighted by atomic mass is 32.2. The van der Waals surface area contributed by atoms with E-state index in [0.717, 1.165) is 29.8 Å². The number of carbonyl (C=O) groups excluding carboxylic acids is 1. The molecule has 1 unspecified atom stereocenters. The minimum atomic E-state index is -3.63. The summed E-state index contributed by atoms with van der Waals surface area (Å²) in [5.41, 5.74) is 1.02. The lowest BCUT2D eigenvalue weighted by Gasteiger charge is -2.35. The Labute approximate surface area is 187 Å². The lowest BCUT2D eigenvalue weighted by Crippen LogP contribution is -2.52. The number of amides is 1. The molecule has 1 atom stereocenters. The van der Waals surface area contributed by atoms with E-state index in [1.54, 1.807) is 16.2 Å². The first kappa shape index (κ1) is 22.6. The van der Waals surface area contributed by atoms with Gasteiger partial charge < -0.3 is 4.90 Å². The summed E-state index contributed by atoms with van der Waals surface area (Å²) in [6.45, 7) is 1.18. The molecule has 0 bridgehead atoms. The van der Waals surface area contributed by atoms with E-state index < -0.39 is 25.1 Å². The third-order valence-corrected chi connectivity index (χ3v) is 11.3. The fourth-order valence-electron chi connectivity index (χ4n) is 4.14. The second-order valence-electron chi connectivity index (χ2n) is 8.13. The van der Waals surface area contributed by atoms with Gasteiger partial charge in [0, 0.05) is 32.6 Å². The van der Waals surface area contributed by atoms with Gasteiger partial charge in [-0.25, -0.2) is 21.8 Å². The van der Waals surface area contributed by atoms with Gasteiger partial charge in [-0.2, -0.15) is 4.31 Å². The summed E-state index contributed by atoms with van der Waals surface area (Å²) in [5, 5.41) is 0.239. The molecule has 1 aromatic heterocycles. The van der Waals surface area contributed by atoms with Crippen LogP contribution in [0.3, 0.4) is 0 Å². The normalized spacial score (nSPS) is 22.2. The molecular weight excluding hydrogens is 458 g/mol. The maximum absolute atomic E-state index is 12.7. The number of thiazole rings is 1. The zero-order valence-electron chi connectivity index (χ0n) is 17.3. The summed E-state index contributed by atoms with van der Waals surface area (Å²) < 4.78 is 51.2. The molecule has 0 N–H and O–H groups in total. The number of unbranched alkanes of at least 4 members (excludes halogenated alkanes) is 1. The summed E-state index contributed by atoms with van der Waals surface area (Å²) in [4.78, 5) is 18.8. The number of aryl methyl sites for hydroxylation is 1. The molecule has 0 spiro atoms. The van der Waals surface area contributed by atoms with Crippen LogP contribution < -0.4 is 0 Å². The molecule has 31 heavy (non-hydrogen) atoms. The Morgan fingerprint density at radius 1 is 1.13 bits per heavy atom. The molecule has 1 amide bonds. The first-order valence-corrected chi connectivity index (χ1v) is 14.7. The van der Waals surface area contributed by atoms with Crippen LogP contribution >= 0.6 is 11.3 Å². The van der Waals surface area contributed by atoms with E-state index in [9.17, 15) is 21.6 Å². The van der Waals surface area contributed by atoms with Gasteiger partial charge >= 0.3 is 0 Å². The fourth-order valence-corrected chi connectivity index (χ4v) is 9.66. The average molecular weight is 486 g/mol. The lowest BCUT2D eigenvalue weighted by molar-refractivity contribution is -0.132. The topological polar surface area (TPSA) is 105 Å². The predicted octanol–water partition coefficient (Wildman–Crippen LogP) is 1.67. The molecule has 2 aliphatic rings. The van der Waals surface area contributed by atoms with Gasteiger partial charge in [0.15, 0.2) is 9.84 Å². The van der Waals surface area contributed by atoms with Gasteiger partial charge in [0.25, 0.3) is 0 Å². The number of rotatable bonds is 7. The third kappa shape index (κ3) is 5.27. The van der Waals surface area contributed by atoms with E-state index in [1.807, 2.05) is 18.2 Å². The Morgan fingerprint density at radius 3 is 2.55 bits per heavy atom. The number of aromatic nitrogens is 1. The lowest BCUT2D eigenvalue weighted by atomic mass is 10.1. The van der Waals surface area contributed by atoms with Crippen molar-refractivity contribution in [2.45, 2.75) is 37.4 Å². The summed E-state index contributed by atoms with van der Waals surface area (Å²) in [6.07, 6.45) is 3.11. The third-order valence-electron chi connectivity index (χ3n) is 5.93. The summed E-state index contributed by atoms with van der Waals surface area (Å²) in [5.74, 6) is -0.306. The molecule has 2 saturated heterocycles. The number of fused-ring (bicyclic) bond motifs is 1. The molecule has 0 aliphatic carbocycles. The fraction of sp³-hybridized carbons (Fsp3) is 0.600. The van der Waals surface area contributed by atoms with Crippen LogP contribution in [0.1, 0.15) is 30.7 Å². The quantitative estimate of drug-likeness (QED) is 0.553. The van der Waals surface area contributed by atoms with Crippen molar-refractivity contribution in [3.63, 3.8) is 0 Å². The second kappa shape index (κ2) is 9.13. The zero-order valence-corrected chi connectivity index (χ0v) is 19.7. The van der Waals surface area contributed by atoms with Gasteiger partial charge in [0.05, 0.1) is 32.0 Å². The van der Waals surface area contributed by atoms with Crippen molar-refractivity contribution in [2.24, 2.45) is 0 Å². The second-order valence-corrected chi connectivity index (χ2v) is 13.7. The number of carbonyl (C=O) groups is 1. The van der Waals surface area contributed by atoms with Crippen LogP contribution in [0.25, 0.3) is 10.2 Å². The van der Waals surface area contributed by atoms with Gasteiger partial charge in [-0.3, -0.25) is 4.79 Å². The van der Waals surface area contributed by atoms with Crippen LogP contribution in [-0.2, 0) is 31.1 Å². The molecule has 2 aromatic rings. The van der Waals surface area contributed by atoms with E-state index in [0.29, 0.717) is 19.5 Å². The molecular formula is C20H27N3O5S3. The smallest absolute Gasteiger partial charge is 0.222 e. The zero-order chi connectivity index (χ0) is 22.1. The molecule has 8 nitrogen and oxygen atoms in total. The summed E-state index contributed by atoms with van der Waals surface area (Å²) in [7, 11) is -6.89. The highest BCUT2D eigenvalue weighted by Gasteiger charge is 2.41. The van der Waals surface area contributed by atoms with Crippen LogP contribution in [0, 0.1) is 0 Å². The molecule has 0 radical (unpaired) electrons. The van der Waals surface area contributed by atoms with Crippen LogP contribution in [0.5, 0.6) is 0 Å². The number of piperazine rings is 1. The van der Waals surface area contributed by atoms with Gasteiger partial charge in [0.2, 0.25) is 15.9 Å². The monoisotopic (exact) mass is 485 g/mol. The Balaban J connectivity index is 1.20. The molecule has 170 valence electrons. The van der Waals surface area contributed by atoms with Gasteiger partial charge in [-0.05, 0) is 37.8 Å². The maximum atomic E-state index is 12.7. The number of hydrogen-bond acceptors (Lipinski definition) is 7. The highest BCUT2D eigenvalue weighted by Crippen LogP contribution is 2.24. The Kier molecular flexibility index (Phi) is 6.66. The SMILES string of the molecule is O=C(CCCCc1nc2ccccc2s1)N1CCN(S(=O)(=O)C2CCS(=O)(=O)C2)CC1. The molecule has 0 saturated carbocycles. The number of benzene rings is 1. The Bertz CT molecular complexity index is 1120. The van der Waals surface area contributed by atoms with Crippen molar-refractivity contribution in [1.82, 2.24) is 14.2 Å². The molecule has 2 fully saturated rings. The molecule has 1 aromatic carbocycles. The Hall–Kier alpha value is -1.56. The van der Waals surface area contributed by atoms with E-state index in [2.05, 4.69) is 11.1 Å². The Morgan fingerprint density at radius 2 is 1.87 bits per heavy atom. The van der Waals surface area contributed by atoms with Crippen molar-refractivity contribution in [1.29, 1.82) is 0 Å². The van der Waals surface area contributed by atoms with Crippen molar-refractivity contribution in [3.8, 4) is 0 Å². The first-order chi connectivity index (χ1) is 14.7. The van der Waals surface area contributed by atoms with Crippen LogP contribution in [0.15, 0.2) is 24.3 Å². The minimum Gasteiger partial charge on any atom is -0.340 e. The number of sulfonamides is 1. The number of sulfone groups is 1. The molecule has 4 rings (SSSR count). The molecule has 3 heterocycles. The minimum absolute atomic E-state index is 0.0461. The van der Waals surface area contributed by atoms with Crippen LogP contribution in [0.2, 0.25) is 0 Å². The summed E-state index contributed by atoms with van der Waals surface area (Å²) in [6, 6.07) is 8.05. The van der Waals surface area contributed by atoms with Crippen LogP contribution in [0.4, 0.5) is 0 Å². The van der Waals surface area contributed by atoms with E-state index in [-0.39, 0.29) is 36.9 Å². The van der Waals surface area contributed by atoms with Crippen molar-refractivity contribution in [2.75, 3.05) is 37.7 Å². The average Bonchev–Trinajstić information content (AvgIpc) is 3.33. The standard InChI is InChI=1S/C20H27N3O5S3/c24-20(8-4-3-7-19-21-17-5-1-2-6-18(17)29-19)22-10-12-23(13-11-22)31(27,28)16-9-14-30(25,26)15-16/h1-2,5-6,16H,3-4,7-15H2. The van der Waals surface area contributed by atoms with Gasteiger partial charge in [-0.15, -0.1) is 11.3 Å². The van der Waals surface area contributed by atoms with Crippen molar-refractivity contribution < 1.29 is 21.6 Å². The molecule has 11 heteroatoms. The van der Waals surface area contributed by atoms with E-state index >= 15 is 0 Å². The molecule has 2 aliphatic heterocycles. The largest absolute Gasteiger partial charge is 0.340 e.